The van der Waals surface area contributed by atoms with Crippen LogP contribution in [0.1, 0.15) is 11.1 Å². The van der Waals surface area contributed by atoms with Crippen LogP contribution in [0.2, 0.25) is 5.02 Å². The van der Waals surface area contributed by atoms with E-state index in [4.69, 9.17) is 16.3 Å². The third-order valence-electron chi connectivity index (χ3n) is 4.60. The standard InChI is InChI=1S/C24H21ClN4O3S/c1-33(30,31)15-18-7-5-9-20(13-18)28-24-27-16-26-23(29-24)21-10-2-3-11-22(21)32-14-17-6-4-8-19(25)12-17/h2-13,16H,14-15H2,1H3,(H,26,27,28,29). The van der Waals surface area contributed by atoms with Crippen molar-refractivity contribution in [2.24, 2.45) is 0 Å². The zero-order valence-corrected chi connectivity index (χ0v) is 19.3. The normalized spacial score (nSPS) is 11.2. The first-order valence-corrected chi connectivity index (χ1v) is 12.5. The third-order valence-corrected chi connectivity index (χ3v) is 5.69. The number of sulfone groups is 1. The number of anilines is 2. The Morgan fingerprint density at radius 3 is 2.55 bits per heavy atom. The topological polar surface area (TPSA) is 94.1 Å². The molecule has 168 valence electrons. The molecule has 0 radical (unpaired) electrons. The molecule has 0 bridgehead atoms. The molecular formula is C24H21ClN4O3S. The molecule has 1 N–H and O–H groups in total. The Balaban J connectivity index is 1.54. The Morgan fingerprint density at radius 1 is 0.939 bits per heavy atom. The van der Waals surface area contributed by atoms with Gasteiger partial charge < -0.3 is 10.1 Å². The minimum atomic E-state index is -3.13. The molecule has 1 heterocycles. The van der Waals surface area contributed by atoms with E-state index in [1.54, 1.807) is 18.2 Å². The van der Waals surface area contributed by atoms with E-state index in [9.17, 15) is 8.42 Å². The fraction of sp³-hybridized carbons (Fsp3) is 0.125. The molecule has 4 aromatic rings. The van der Waals surface area contributed by atoms with E-state index in [1.165, 1.54) is 12.6 Å². The number of nitrogens with one attached hydrogen (secondary N) is 1. The summed E-state index contributed by atoms with van der Waals surface area (Å²) in [5.41, 5.74) is 3.02. The average molecular weight is 481 g/mol. The van der Waals surface area contributed by atoms with Gasteiger partial charge in [-0.05, 0) is 47.5 Å². The minimum absolute atomic E-state index is 0.0394. The molecule has 0 unspecified atom stereocenters. The second kappa shape index (κ2) is 9.97. The summed E-state index contributed by atoms with van der Waals surface area (Å²) in [5, 5.41) is 3.76. The molecule has 0 atom stereocenters. The van der Waals surface area contributed by atoms with Gasteiger partial charge in [0.1, 0.15) is 18.7 Å². The van der Waals surface area contributed by atoms with Crippen LogP contribution in [0.25, 0.3) is 11.4 Å². The van der Waals surface area contributed by atoms with Gasteiger partial charge in [-0.15, -0.1) is 0 Å². The van der Waals surface area contributed by atoms with E-state index in [0.717, 1.165) is 11.1 Å². The lowest BCUT2D eigenvalue weighted by Gasteiger charge is -2.12. The molecule has 0 saturated heterocycles. The number of rotatable bonds is 8. The molecule has 33 heavy (non-hydrogen) atoms. The zero-order valence-electron chi connectivity index (χ0n) is 17.8. The predicted octanol–water partition coefficient (Wildman–Crippen LogP) is 5.06. The zero-order chi connectivity index (χ0) is 23.3. The molecule has 1 aromatic heterocycles. The molecule has 0 spiro atoms. The Morgan fingerprint density at radius 2 is 1.73 bits per heavy atom. The van der Waals surface area contributed by atoms with Gasteiger partial charge in [0, 0.05) is 17.0 Å². The number of ether oxygens (including phenoxy) is 1. The fourth-order valence-electron chi connectivity index (χ4n) is 3.22. The van der Waals surface area contributed by atoms with Crippen LogP contribution in [0, 0.1) is 0 Å². The lowest BCUT2D eigenvalue weighted by atomic mass is 10.2. The second-order valence-corrected chi connectivity index (χ2v) is 10.0. The minimum Gasteiger partial charge on any atom is -0.488 e. The Bertz CT molecular complexity index is 1380. The van der Waals surface area contributed by atoms with Crippen molar-refractivity contribution < 1.29 is 13.2 Å². The van der Waals surface area contributed by atoms with Crippen molar-refractivity contribution in [1.82, 2.24) is 15.0 Å². The summed E-state index contributed by atoms with van der Waals surface area (Å²) in [7, 11) is -3.13. The first-order valence-electron chi connectivity index (χ1n) is 10.1. The van der Waals surface area contributed by atoms with Gasteiger partial charge in [-0.25, -0.2) is 18.4 Å². The van der Waals surface area contributed by atoms with Crippen molar-refractivity contribution in [3.8, 4) is 17.1 Å². The van der Waals surface area contributed by atoms with Crippen LogP contribution >= 0.6 is 11.6 Å². The van der Waals surface area contributed by atoms with Crippen molar-refractivity contribution in [3.63, 3.8) is 0 Å². The van der Waals surface area contributed by atoms with Crippen molar-refractivity contribution in [2.45, 2.75) is 12.4 Å². The first kappa shape index (κ1) is 22.7. The van der Waals surface area contributed by atoms with Crippen LogP contribution in [-0.2, 0) is 22.2 Å². The number of nitrogens with zero attached hydrogens (tertiary/aromatic N) is 3. The molecule has 0 aliphatic heterocycles. The maximum atomic E-state index is 11.6. The number of para-hydroxylation sites is 1. The van der Waals surface area contributed by atoms with E-state index in [1.807, 2.05) is 54.6 Å². The van der Waals surface area contributed by atoms with E-state index in [-0.39, 0.29) is 5.75 Å². The highest BCUT2D eigenvalue weighted by Gasteiger charge is 2.11. The van der Waals surface area contributed by atoms with Crippen LogP contribution < -0.4 is 10.1 Å². The van der Waals surface area contributed by atoms with Crippen LogP contribution in [0.15, 0.2) is 79.1 Å². The molecular weight excluding hydrogens is 460 g/mol. The third kappa shape index (κ3) is 6.50. The summed E-state index contributed by atoms with van der Waals surface area (Å²) in [6.07, 6.45) is 2.62. The van der Waals surface area contributed by atoms with Crippen LogP contribution in [0.4, 0.5) is 11.6 Å². The predicted molar refractivity (Wildman–Crippen MR) is 129 cm³/mol. The monoisotopic (exact) mass is 480 g/mol. The number of hydrogen-bond acceptors (Lipinski definition) is 7. The SMILES string of the molecule is CS(=O)(=O)Cc1cccc(Nc2ncnc(-c3ccccc3OCc3cccc(Cl)c3)n2)c1. The highest BCUT2D eigenvalue weighted by Crippen LogP contribution is 2.28. The average Bonchev–Trinajstić information content (AvgIpc) is 2.77. The Labute approximate surface area is 197 Å². The molecule has 9 heteroatoms. The lowest BCUT2D eigenvalue weighted by Crippen LogP contribution is -2.03. The number of aromatic nitrogens is 3. The van der Waals surface area contributed by atoms with Crippen LogP contribution in [-0.4, -0.2) is 29.6 Å². The smallest absolute Gasteiger partial charge is 0.230 e. The summed E-state index contributed by atoms with van der Waals surface area (Å²) in [5.74, 6) is 1.37. The fourth-order valence-corrected chi connectivity index (χ4v) is 4.22. The van der Waals surface area contributed by atoms with E-state index in [2.05, 4.69) is 20.3 Å². The summed E-state index contributed by atoms with van der Waals surface area (Å²) in [6, 6.07) is 22.1. The van der Waals surface area contributed by atoms with Gasteiger partial charge in [-0.3, -0.25) is 0 Å². The van der Waals surface area contributed by atoms with Gasteiger partial charge in [0.15, 0.2) is 15.7 Å². The quantitative estimate of drug-likeness (QED) is 0.376. The maximum absolute atomic E-state index is 11.6. The molecule has 3 aromatic carbocycles. The van der Waals surface area contributed by atoms with Crippen molar-refractivity contribution >= 4 is 33.1 Å². The van der Waals surface area contributed by atoms with Crippen molar-refractivity contribution in [2.75, 3.05) is 11.6 Å². The number of hydrogen-bond donors (Lipinski definition) is 1. The number of halogens is 1. The van der Waals surface area contributed by atoms with Gasteiger partial charge >= 0.3 is 0 Å². The molecule has 7 nitrogen and oxygen atoms in total. The Kier molecular flexibility index (Phi) is 6.86. The van der Waals surface area contributed by atoms with Gasteiger partial charge in [-0.2, -0.15) is 4.98 Å². The molecule has 0 aliphatic rings. The van der Waals surface area contributed by atoms with Crippen molar-refractivity contribution in [3.05, 3.63) is 95.3 Å². The molecule has 0 aliphatic carbocycles. The van der Waals surface area contributed by atoms with E-state index in [0.29, 0.717) is 40.4 Å². The maximum Gasteiger partial charge on any atom is 0.230 e. The van der Waals surface area contributed by atoms with Gasteiger partial charge in [0.2, 0.25) is 5.95 Å². The summed E-state index contributed by atoms with van der Waals surface area (Å²) >= 11 is 6.06. The van der Waals surface area contributed by atoms with Crippen molar-refractivity contribution in [1.29, 1.82) is 0 Å². The van der Waals surface area contributed by atoms with Gasteiger partial charge in [0.05, 0.1) is 11.3 Å². The summed E-state index contributed by atoms with van der Waals surface area (Å²) in [6.45, 7) is 0.348. The molecule has 4 rings (SSSR count). The molecule has 0 fully saturated rings. The number of benzene rings is 3. The highest BCUT2D eigenvalue weighted by atomic mass is 35.5. The molecule has 0 saturated carbocycles. The lowest BCUT2D eigenvalue weighted by molar-refractivity contribution is 0.307. The molecule has 0 amide bonds. The first-order chi connectivity index (χ1) is 15.9. The van der Waals surface area contributed by atoms with Gasteiger partial charge in [-0.1, -0.05) is 48.0 Å². The van der Waals surface area contributed by atoms with E-state index < -0.39 is 9.84 Å². The van der Waals surface area contributed by atoms with Crippen LogP contribution in [0.3, 0.4) is 0 Å². The second-order valence-electron chi connectivity index (χ2n) is 7.44. The summed E-state index contributed by atoms with van der Waals surface area (Å²) < 4.78 is 29.2. The van der Waals surface area contributed by atoms with E-state index >= 15 is 0 Å². The highest BCUT2D eigenvalue weighted by molar-refractivity contribution is 7.89. The largest absolute Gasteiger partial charge is 0.488 e. The Hall–Kier alpha value is -3.49. The van der Waals surface area contributed by atoms with Gasteiger partial charge in [0.25, 0.3) is 0 Å². The van der Waals surface area contributed by atoms with Crippen LogP contribution in [0.5, 0.6) is 5.75 Å². The summed E-state index contributed by atoms with van der Waals surface area (Å²) in [4.78, 5) is 13.0.